The van der Waals surface area contributed by atoms with Crippen molar-refractivity contribution in [1.82, 2.24) is 5.32 Å². The van der Waals surface area contributed by atoms with Gasteiger partial charge >= 0.3 is 0 Å². The van der Waals surface area contributed by atoms with Crippen LogP contribution in [0.1, 0.15) is 44.6 Å². The smallest absolute Gasteiger partial charge is 0.143 e. The van der Waals surface area contributed by atoms with E-state index in [4.69, 9.17) is 0 Å². The molecule has 1 unspecified atom stereocenters. The maximum absolute atomic E-state index is 14.1. The highest BCUT2D eigenvalue weighted by Gasteiger charge is 2.22. The average molecular weight is 346 g/mol. The van der Waals surface area contributed by atoms with Crippen LogP contribution in [0.2, 0.25) is 0 Å². The summed E-state index contributed by atoms with van der Waals surface area (Å²) in [6.07, 6.45) is 6.53. The van der Waals surface area contributed by atoms with Gasteiger partial charge in [-0.3, -0.25) is 0 Å². The van der Waals surface area contributed by atoms with Crippen LogP contribution >= 0.6 is 15.9 Å². The number of likely N-dealkylation sites (N-methyl/N-ethyl adjacent to an activating group) is 1. The molecule has 4 heteroatoms. The van der Waals surface area contributed by atoms with E-state index in [1.54, 1.807) is 0 Å². The molecule has 0 aliphatic heterocycles. The quantitative estimate of drug-likeness (QED) is 0.728. The van der Waals surface area contributed by atoms with Gasteiger partial charge in [-0.1, -0.05) is 32.6 Å². The molecule has 0 heterocycles. The van der Waals surface area contributed by atoms with Crippen molar-refractivity contribution in [2.24, 2.45) is 5.92 Å². The van der Waals surface area contributed by atoms with Gasteiger partial charge < -0.3 is 5.32 Å². The SMILES string of the molecule is CCNC(Cc1c(F)ccc(Br)c1F)CC1CCCC1. The molecule has 112 valence electrons. The van der Waals surface area contributed by atoms with Gasteiger partial charge in [0, 0.05) is 11.6 Å². The Labute approximate surface area is 128 Å². The van der Waals surface area contributed by atoms with Crippen molar-refractivity contribution >= 4 is 15.9 Å². The number of rotatable bonds is 6. The van der Waals surface area contributed by atoms with Crippen LogP contribution in [-0.4, -0.2) is 12.6 Å². The molecule has 0 bridgehead atoms. The summed E-state index contributed by atoms with van der Waals surface area (Å²) in [7, 11) is 0. The molecule has 1 saturated carbocycles. The minimum atomic E-state index is -0.459. The molecule has 1 atom stereocenters. The Hall–Kier alpha value is -0.480. The lowest BCUT2D eigenvalue weighted by atomic mass is 9.93. The summed E-state index contributed by atoms with van der Waals surface area (Å²) >= 11 is 3.14. The molecule has 0 spiro atoms. The van der Waals surface area contributed by atoms with E-state index in [1.165, 1.54) is 37.8 Å². The maximum Gasteiger partial charge on any atom is 0.143 e. The van der Waals surface area contributed by atoms with E-state index in [2.05, 4.69) is 21.2 Å². The molecule has 0 saturated heterocycles. The molecular weight excluding hydrogens is 324 g/mol. The van der Waals surface area contributed by atoms with Gasteiger partial charge in [-0.05, 0) is 53.4 Å². The van der Waals surface area contributed by atoms with Crippen LogP contribution < -0.4 is 5.32 Å². The zero-order valence-electron chi connectivity index (χ0n) is 11.9. The van der Waals surface area contributed by atoms with Crippen molar-refractivity contribution < 1.29 is 8.78 Å². The van der Waals surface area contributed by atoms with Crippen molar-refractivity contribution in [1.29, 1.82) is 0 Å². The lowest BCUT2D eigenvalue weighted by molar-refractivity contribution is 0.382. The summed E-state index contributed by atoms with van der Waals surface area (Å²) in [6.45, 7) is 2.86. The van der Waals surface area contributed by atoms with Gasteiger partial charge in [0.2, 0.25) is 0 Å². The maximum atomic E-state index is 14.1. The molecule has 0 radical (unpaired) electrons. The Morgan fingerprint density at radius 2 is 2.00 bits per heavy atom. The molecule has 0 aromatic heterocycles. The number of hydrogen-bond donors (Lipinski definition) is 1. The third kappa shape index (κ3) is 4.01. The van der Waals surface area contributed by atoms with Crippen molar-refractivity contribution in [3.05, 3.63) is 33.8 Å². The third-order valence-corrected chi connectivity index (χ3v) is 4.79. The Kier molecular flexibility index (Phi) is 5.97. The normalized spacial score (nSPS) is 17.6. The van der Waals surface area contributed by atoms with Crippen LogP contribution in [0.4, 0.5) is 8.78 Å². The highest BCUT2D eigenvalue weighted by Crippen LogP contribution is 2.30. The number of halogens is 3. The molecule has 2 rings (SSSR count). The first-order valence-electron chi connectivity index (χ1n) is 7.47. The van der Waals surface area contributed by atoms with E-state index in [0.717, 1.165) is 13.0 Å². The molecule has 1 fully saturated rings. The molecule has 1 aromatic carbocycles. The first-order chi connectivity index (χ1) is 9.61. The summed E-state index contributed by atoms with van der Waals surface area (Å²) in [5.74, 6) is -0.198. The van der Waals surface area contributed by atoms with E-state index < -0.39 is 11.6 Å². The van der Waals surface area contributed by atoms with E-state index in [1.807, 2.05) is 6.92 Å². The zero-order valence-corrected chi connectivity index (χ0v) is 13.5. The minimum absolute atomic E-state index is 0.154. The van der Waals surface area contributed by atoms with Gasteiger partial charge in [0.15, 0.2) is 0 Å². The predicted octanol–water partition coefficient (Wildman–Crippen LogP) is 4.83. The lowest BCUT2D eigenvalue weighted by Gasteiger charge is -2.22. The first-order valence-corrected chi connectivity index (χ1v) is 8.26. The van der Waals surface area contributed by atoms with E-state index in [9.17, 15) is 8.78 Å². The second kappa shape index (κ2) is 7.51. The van der Waals surface area contributed by atoms with Gasteiger partial charge in [0.1, 0.15) is 11.6 Å². The van der Waals surface area contributed by atoms with Gasteiger partial charge in [0.05, 0.1) is 4.47 Å². The van der Waals surface area contributed by atoms with Gasteiger partial charge in [0.25, 0.3) is 0 Å². The van der Waals surface area contributed by atoms with E-state index >= 15 is 0 Å². The fourth-order valence-corrected chi connectivity index (χ4v) is 3.55. The molecule has 1 nitrogen and oxygen atoms in total. The van der Waals surface area contributed by atoms with E-state index in [0.29, 0.717) is 16.8 Å². The molecular formula is C16H22BrF2N. The van der Waals surface area contributed by atoms with Crippen LogP contribution in [0.3, 0.4) is 0 Å². The lowest BCUT2D eigenvalue weighted by Crippen LogP contribution is -2.33. The summed E-state index contributed by atoms with van der Waals surface area (Å²) in [5, 5.41) is 3.38. The molecule has 1 aliphatic rings. The van der Waals surface area contributed by atoms with Crippen LogP contribution in [-0.2, 0) is 6.42 Å². The summed E-state index contributed by atoms with van der Waals surface area (Å²) < 4.78 is 28.3. The van der Waals surface area contributed by atoms with Crippen molar-refractivity contribution in [2.75, 3.05) is 6.54 Å². The molecule has 1 N–H and O–H groups in total. The Morgan fingerprint density at radius 1 is 1.30 bits per heavy atom. The number of nitrogens with one attached hydrogen (secondary N) is 1. The Bertz CT molecular complexity index is 444. The fraction of sp³-hybridized carbons (Fsp3) is 0.625. The van der Waals surface area contributed by atoms with Crippen molar-refractivity contribution in [2.45, 2.75) is 51.5 Å². The summed E-state index contributed by atoms with van der Waals surface area (Å²) in [5.41, 5.74) is 0.198. The van der Waals surface area contributed by atoms with Crippen LogP contribution in [0.25, 0.3) is 0 Å². The van der Waals surface area contributed by atoms with Gasteiger partial charge in [-0.15, -0.1) is 0 Å². The largest absolute Gasteiger partial charge is 0.314 e. The topological polar surface area (TPSA) is 12.0 Å². The monoisotopic (exact) mass is 345 g/mol. The molecule has 1 aromatic rings. The number of hydrogen-bond acceptors (Lipinski definition) is 1. The standard InChI is InChI=1S/C16H22BrF2N/c1-2-20-12(9-11-5-3-4-6-11)10-13-15(18)8-7-14(17)16(13)19/h7-8,11-12,20H,2-6,9-10H2,1H3. The Morgan fingerprint density at radius 3 is 2.65 bits per heavy atom. The molecule has 0 amide bonds. The fourth-order valence-electron chi connectivity index (χ4n) is 3.18. The Balaban J connectivity index is 2.08. The first kappa shape index (κ1) is 15.9. The predicted molar refractivity (Wildman–Crippen MR) is 81.8 cm³/mol. The minimum Gasteiger partial charge on any atom is -0.314 e. The van der Waals surface area contributed by atoms with Crippen LogP contribution in [0.5, 0.6) is 0 Å². The second-order valence-corrected chi connectivity index (χ2v) is 6.52. The highest BCUT2D eigenvalue weighted by atomic mass is 79.9. The molecule has 1 aliphatic carbocycles. The summed E-state index contributed by atoms with van der Waals surface area (Å²) in [6, 6.07) is 2.91. The van der Waals surface area contributed by atoms with Crippen LogP contribution in [0.15, 0.2) is 16.6 Å². The molecule has 20 heavy (non-hydrogen) atoms. The third-order valence-electron chi connectivity index (χ3n) is 4.17. The van der Waals surface area contributed by atoms with Gasteiger partial charge in [-0.2, -0.15) is 0 Å². The van der Waals surface area contributed by atoms with Crippen LogP contribution in [0, 0.1) is 17.6 Å². The zero-order chi connectivity index (χ0) is 14.5. The van der Waals surface area contributed by atoms with E-state index in [-0.39, 0.29) is 11.6 Å². The van der Waals surface area contributed by atoms with Crippen molar-refractivity contribution in [3.63, 3.8) is 0 Å². The van der Waals surface area contributed by atoms with Gasteiger partial charge in [-0.25, -0.2) is 8.78 Å². The number of benzene rings is 1. The average Bonchev–Trinajstić information content (AvgIpc) is 2.92. The summed E-state index contributed by atoms with van der Waals surface area (Å²) in [4.78, 5) is 0. The highest BCUT2D eigenvalue weighted by molar-refractivity contribution is 9.10. The second-order valence-electron chi connectivity index (χ2n) is 5.67. The van der Waals surface area contributed by atoms with Crippen molar-refractivity contribution in [3.8, 4) is 0 Å².